The highest BCUT2D eigenvalue weighted by atomic mass is 16.5. The van der Waals surface area contributed by atoms with E-state index in [0.29, 0.717) is 26.0 Å². The molecule has 8 heteroatoms. The molecule has 3 atom stereocenters. The first-order chi connectivity index (χ1) is 17.0. The van der Waals surface area contributed by atoms with Crippen LogP contribution in [0.1, 0.15) is 42.7 Å². The van der Waals surface area contributed by atoms with E-state index in [-0.39, 0.29) is 43.4 Å². The Balaban J connectivity index is 1.16. The fraction of sp³-hybridized carbons (Fsp3) is 0.444. The van der Waals surface area contributed by atoms with Gasteiger partial charge in [-0.05, 0) is 41.5 Å². The van der Waals surface area contributed by atoms with Crippen molar-refractivity contribution in [1.82, 2.24) is 10.2 Å². The van der Waals surface area contributed by atoms with Crippen LogP contribution in [0.5, 0.6) is 0 Å². The van der Waals surface area contributed by atoms with Crippen LogP contribution in [-0.2, 0) is 19.1 Å². The molecule has 184 valence electrons. The van der Waals surface area contributed by atoms with Crippen molar-refractivity contribution in [2.45, 2.75) is 43.7 Å². The van der Waals surface area contributed by atoms with E-state index in [1.807, 2.05) is 24.3 Å². The van der Waals surface area contributed by atoms with Crippen LogP contribution in [-0.4, -0.2) is 66.4 Å². The molecule has 0 aromatic heterocycles. The van der Waals surface area contributed by atoms with E-state index < -0.39 is 18.2 Å². The number of carbonyl (C=O) groups is 3. The number of hydrogen-bond donors (Lipinski definition) is 2. The molecule has 2 amide bonds. The summed E-state index contributed by atoms with van der Waals surface area (Å²) >= 11 is 0. The van der Waals surface area contributed by atoms with Crippen molar-refractivity contribution in [2.24, 2.45) is 5.92 Å². The summed E-state index contributed by atoms with van der Waals surface area (Å²) < 4.78 is 11.3. The highest BCUT2D eigenvalue weighted by Gasteiger charge is 2.41. The van der Waals surface area contributed by atoms with Crippen LogP contribution in [0, 0.1) is 5.92 Å². The van der Waals surface area contributed by atoms with Crippen molar-refractivity contribution in [1.29, 1.82) is 0 Å². The molecule has 0 radical (unpaired) electrons. The second-order valence-corrected chi connectivity index (χ2v) is 9.47. The Morgan fingerprint density at radius 2 is 1.71 bits per heavy atom. The number of ether oxygens (including phenoxy) is 2. The largest absolute Gasteiger partial charge is 0.481 e. The van der Waals surface area contributed by atoms with Crippen LogP contribution in [0.3, 0.4) is 0 Å². The van der Waals surface area contributed by atoms with Crippen molar-refractivity contribution in [3.63, 3.8) is 0 Å². The molecule has 1 aliphatic carbocycles. The molecule has 1 unspecified atom stereocenters. The van der Waals surface area contributed by atoms with E-state index in [1.165, 1.54) is 11.1 Å². The first-order valence-corrected chi connectivity index (χ1v) is 12.3. The molecule has 2 heterocycles. The van der Waals surface area contributed by atoms with Gasteiger partial charge in [-0.15, -0.1) is 0 Å². The lowest BCUT2D eigenvalue weighted by atomic mass is 9.98. The lowest BCUT2D eigenvalue weighted by Crippen LogP contribution is -2.46. The summed E-state index contributed by atoms with van der Waals surface area (Å²) in [7, 11) is 0. The fourth-order valence-electron chi connectivity index (χ4n) is 5.68. The van der Waals surface area contributed by atoms with Crippen molar-refractivity contribution in [3.8, 4) is 11.1 Å². The normalized spacial score (nSPS) is 23.1. The predicted molar refractivity (Wildman–Crippen MR) is 128 cm³/mol. The molecule has 2 aliphatic heterocycles. The Morgan fingerprint density at radius 1 is 1.03 bits per heavy atom. The second kappa shape index (κ2) is 10.1. The quantitative estimate of drug-likeness (QED) is 0.632. The zero-order valence-electron chi connectivity index (χ0n) is 19.5. The average molecular weight is 479 g/mol. The average Bonchev–Trinajstić information content (AvgIpc) is 3.58. The van der Waals surface area contributed by atoms with E-state index in [4.69, 9.17) is 14.6 Å². The van der Waals surface area contributed by atoms with Crippen LogP contribution >= 0.6 is 0 Å². The number of carboxylic acids is 1. The molecule has 2 saturated heterocycles. The number of rotatable bonds is 7. The summed E-state index contributed by atoms with van der Waals surface area (Å²) in [5.41, 5.74) is 4.64. The maximum Gasteiger partial charge on any atom is 0.407 e. The first-order valence-electron chi connectivity index (χ1n) is 12.3. The molecule has 2 N–H and O–H groups in total. The van der Waals surface area contributed by atoms with Crippen molar-refractivity contribution >= 4 is 18.0 Å². The Morgan fingerprint density at radius 3 is 2.40 bits per heavy atom. The van der Waals surface area contributed by atoms with Crippen molar-refractivity contribution in [2.75, 3.05) is 26.3 Å². The molecular weight excluding hydrogens is 448 g/mol. The first kappa shape index (κ1) is 23.4. The van der Waals surface area contributed by atoms with Gasteiger partial charge in [-0.1, -0.05) is 48.5 Å². The Hall–Kier alpha value is -3.39. The lowest BCUT2D eigenvalue weighted by molar-refractivity contribution is -0.145. The predicted octanol–water partition coefficient (Wildman–Crippen LogP) is 3.40. The van der Waals surface area contributed by atoms with Gasteiger partial charge in [0.05, 0.1) is 6.42 Å². The van der Waals surface area contributed by atoms with Gasteiger partial charge >= 0.3 is 12.1 Å². The van der Waals surface area contributed by atoms with Gasteiger partial charge in [-0.3, -0.25) is 9.59 Å². The minimum atomic E-state index is -0.907. The van der Waals surface area contributed by atoms with Gasteiger partial charge in [0.25, 0.3) is 5.91 Å². The molecule has 0 bridgehead atoms. The van der Waals surface area contributed by atoms with Crippen molar-refractivity contribution < 1.29 is 29.0 Å². The third-order valence-corrected chi connectivity index (χ3v) is 7.38. The number of aliphatic carboxylic acids is 1. The number of nitrogens with zero attached hydrogens (tertiary/aromatic N) is 1. The SMILES string of the molecule is O=C(O)CC1CCCN1C(=O)[C@H]1OCC[C@H]1CNC(=O)OCC1c2ccccc2-c2ccccc21. The van der Waals surface area contributed by atoms with E-state index in [2.05, 4.69) is 29.6 Å². The van der Waals surface area contributed by atoms with Gasteiger partial charge in [0.1, 0.15) is 12.7 Å². The maximum absolute atomic E-state index is 13.1. The monoisotopic (exact) mass is 478 g/mol. The summed E-state index contributed by atoms with van der Waals surface area (Å²) in [6.45, 7) is 1.48. The molecule has 2 aromatic carbocycles. The van der Waals surface area contributed by atoms with Gasteiger partial charge in [0.15, 0.2) is 0 Å². The number of fused-ring (bicyclic) bond motifs is 3. The number of carboxylic acid groups (broad SMARTS) is 1. The van der Waals surface area contributed by atoms with Crippen molar-refractivity contribution in [3.05, 3.63) is 59.7 Å². The van der Waals surface area contributed by atoms with Gasteiger partial charge in [-0.2, -0.15) is 0 Å². The molecule has 0 saturated carbocycles. The standard InChI is InChI=1S/C27H30N2O6/c30-24(31)14-18-6-5-12-29(18)26(32)25-17(11-13-34-25)15-28-27(33)35-16-23-21-9-3-1-7-19(21)20-8-2-4-10-22(20)23/h1-4,7-10,17-18,23,25H,5-6,11-16H2,(H,28,33)(H,30,31)/t17-,18?,25-/m0/s1. The number of hydrogen-bond acceptors (Lipinski definition) is 5. The molecular formula is C27H30N2O6. The molecule has 0 spiro atoms. The van der Waals surface area contributed by atoms with Crippen LogP contribution in [0.4, 0.5) is 4.79 Å². The van der Waals surface area contributed by atoms with E-state index in [9.17, 15) is 14.4 Å². The van der Waals surface area contributed by atoms with Gasteiger partial charge in [0.2, 0.25) is 0 Å². The van der Waals surface area contributed by atoms with E-state index in [0.717, 1.165) is 17.5 Å². The highest BCUT2D eigenvalue weighted by Crippen LogP contribution is 2.44. The minimum Gasteiger partial charge on any atom is -0.481 e. The number of alkyl carbamates (subject to hydrolysis) is 1. The van der Waals surface area contributed by atoms with Crippen LogP contribution in [0.2, 0.25) is 0 Å². The minimum absolute atomic E-state index is 0.0152. The zero-order chi connectivity index (χ0) is 24.4. The Bertz CT molecular complexity index is 1070. The summed E-state index contributed by atoms with van der Waals surface area (Å²) in [4.78, 5) is 38.4. The zero-order valence-corrected chi connectivity index (χ0v) is 19.5. The van der Waals surface area contributed by atoms with Crippen LogP contribution in [0.25, 0.3) is 11.1 Å². The van der Waals surface area contributed by atoms with E-state index >= 15 is 0 Å². The fourth-order valence-corrected chi connectivity index (χ4v) is 5.68. The summed E-state index contributed by atoms with van der Waals surface area (Å²) in [6, 6.07) is 16.1. The summed E-state index contributed by atoms with van der Waals surface area (Å²) in [5.74, 6) is -1.27. The number of carbonyl (C=O) groups excluding carboxylic acids is 2. The van der Waals surface area contributed by atoms with Crippen LogP contribution in [0.15, 0.2) is 48.5 Å². The third kappa shape index (κ3) is 4.75. The smallest absolute Gasteiger partial charge is 0.407 e. The van der Waals surface area contributed by atoms with Crippen LogP contribution < -0.4 is 5.32 Å². The second-order valence-electron chi connectivity index (χ2n) is 9.47. The maximum atomic E-state index is 13.1. The van der Waals surface area contributed by atoms with Gasteiger partial charge in [-0.25, -0.2) is 4.79 Å². The van der Waals surface area contributed by atoms with E-state index in [1.54, 1.807) is 4.90 Å². The third-order valence-electron chi connectivity index (χ3n) is 7.38. The molecule has 8 nitrogen and oxygen atoms in total. The Labute approximate surface area is 204 Å². The number of nitrogens with one attached hydrogen (secondary N) is 1. The number of amides is 2. The number of benzene rings is 2. The molecule has 2 fully saturated rings. The Kier molecular flexibility index (Phi) is 6.72. The summed E-state index contributed by atoms with van der Waals surface area (Å²) in [6.07, 6.45) is 0.888. The molecule has 35 heavy (non-hydrogen) atoms. The molecule has 3 aliphatic rings. The highest BCUT2D eigenvalue weighted by molar-refractivity contribution is 5.83. The topological polar surface area (TPSA) is 105 Å². The summed E-state index contributed by atoms with van der Waals surface area (Å²) in [5, 5.41) is 12.0. The van der Waals surface area contributed by atoms with Gasteiger partial charge < -0.3 is 24.8 Å². The lowest BCUT2D eigenvalue weighted by Gasteiger charge is -2.28. The molecule has 2 aromatic rings. The number of likely N-dealkylation sites (tertiary alicyclic amines) is 1. The molecule has 5 rings (SSSR count). The van der Waals surface area contributed by atoms with Gasteiger partial charge in [0, 0.05) is 37.6 Å².